The van der Waals surface area contributed by atoms with Crippen LogP contribution in [0.5, 0.6) is 0 Å². The fourth-order valence-electron chi connectivity index (χ4n) is 1.48. The predicted octanol–water partition coefficient (Wildman–Crippen LogP) is -0.312. The number of hydrogen-bond acceptors (Lipinski definition) is 4. The lowest BCUT2D eigenvalue weighted by atomic mass is 9.87. The second kappa shape index (κ2) is 3.55. The highest BCUT2D eigenvalue weighted by Crippen LogP contribution is 2.23. The van der Waals surface area contributed by atoms with Crippen LogP contribution < -0.4 is 11.5 Å². The van der Waals surface area contributed by atoms with Gasteiger partial charge in [0, 0.05) is 11.0 Å². The fourth-order valence-corrected chi connectivity index (χ4v) is 1.87. The van der Waals surface area contributed by atoms with Gasteiger partial charge in [0.05, 0.1) is 6.04 Å². The number of rotatable bonds is 1. The number of nitrogens with zero attached hydrogens (tertiary/aromatic N) is 1. The van der Waals surface area contributed by atoms with Gasteiger partial charge in [0.25, 0.3) is 0 Å². The van der Waals surface area contributed by atoms with Crippen molar-refractivity contribution in [1.29, 1.82) is 0 Å². The first-order valence-electron chi connectivity index (χ1n) is 3.82. The SMILES string of the molecule is NC1CCC(Cl)C([N+](=O)[O-])C1N. The van der Waals surface area contributed by atoms with Gasteiger partial charge in [-0.25, -0.2) is 0 Å². The third-order valence-corrected chi connectivity index (χ3v) is 2.75. The van der Waals surface area contributed by atoms with Gasteiger partial charge in [0.1, 0.15) is 5.38 Å². The molecule has 0 aromatic carbocycles. The third kappa shape index (κ3) is 1.68. The van der Waals surface area contributed by atoms with Gasteiger partial charge < -0.3 is 11.5 Å². The fraction of sp³-hybridized carbons (Fsp3) is 1.00. The molecule has 1 rings (SSSR count). The van der Waals surface area contributed by atoms with Crippen molar-refractivity contribution in [3.63, 3.8) is 0 Å². The Hall–Kier alpha value is -0.390. The van der Waals surface area contributed by atoms with Crippen molar-refractivity contribution >= 4 is 11.6 Å². The van der Waals surface area contributed by atoms with E-state index in [0.717, 1.165) is 0 Å². The van der Waals surface area contributed by atoms with Gasteiger partial charge in [-0.05, 0) is 12.8 Å². The van der Waals surface area contributed by atoms with Crippen molar-refractivity contribution in [3.05, 3.63) is 10.1 Å². The van der Waals surface area contributed by atoms with Crippen molar-refractivity contribution in [3.8, 4) is 0 Å². The van der Waals surface area contributed by atoms with Crippen LogP contribution in [0.1, 0.15) is 12.8 Å². The molecule has 1 aliphatic carbocycles. The van der Waals surface area contributed by atoms with Crippen LogP contribution in [0.3, 0.4) is 0 Å². The van der Waals surface area contributed by atoms with Crippen LogP contribution >= 0.6 is 11.6 Å². The first kappa shape index (κ1) is 9.70. The first-order valence-corrected chi connectivity index (χ1v) is 4.26. The molecule has 4 N–H and O–H groups in total. The van der Waals surface area contributed by atoms with E-state index in [0.29, 0.717) is 12.8 Å². The molecule has 0 aromatic rings. The van der Waals surface area contributed by atoms with E-state index in [1.165, 1.54) is 0 Å². The average molecular weight is 194 g/mol. The summed E-state index contributed by atoms with van der Waals surface area (Å²) in [5, 5.41) is 10.0. The van der Waals surface area contributed by atoms with E-state index < -0.39 is 22.4 Å². The second-order valence-corrected chi connectivity index (χ2v) is 3.67. The van der Waals surface area contributed by atoms with Gasteiger partial charge in [0.2, 0.25) is 6.04 Å². The summed E-state index contributed by atoms with van der Waals surface area (Å²) in [6.45, 7) is 0. The molecule has 0 amide bonds. The minimum atomic E-state index is -0.893. The summed E-state index contributed by atoms with van der Waals surface area (Å²) in [5.74, 6) is 0. The zero-order chi connectivity index (χ0) is 9.30. The molecule has 70 valence electrons. The Morgan fingerprint density at radius 2 is 2.00 bits per heavy atom. The Bertz CT molecular complexity index is 190. The summed E-state index contributed by atoms with van der Waals surface area (Å²) in [6, 6.07) is -1.80. The molecule has 5 nitrogen and oxygen atoms in total. The molecule has 12 heavy (non-hydrogen) atoms. The smallest absolute Gasteiger partial charge is 0.245 e. The Kier molecular flexibility index (Phi) is 2.87. The molecule has 4 unspecified atom stereocenters. The lowest BCUT2D eigenvalue weighted by Crippen LogP contribution is -2.59. The maximum Gasteiger partial charge on any atom is 0.245 e. The molecule has 1 fully saturated rings. The monoisotopic (exact) mass is 193 g/mol. The summed E-state index contributed by atoms with van der Waals surface area (Å²) >= 11 is 5.76. The quantitative estimate of drug-likeness (QED) is 0.339. The van der Waals surface area contributed by atoms with Crippen LogP contribution in [0.15, 0.2) is 0 Å². The number of halogens is 1. The molecular weight excluding hydrogens is 182 g/mol. The van der Waals surface area contributed by atoms with E-state index in [-0.39, 0.29) is 6.04 Å². The Labute approximate surface area is 75.2 Å². The minimum absolute atomic E-state index is 0.296. The highest BCUT2D eigenvalue weighted by atomic mass is 35.5. The highest BCUT2D eigenvalue weighted by Gasteiger charge is 2.42. The number of hydrogen-bond donors (Lipinski definition) is 2. The van der Waals surface area contributed by atoms with Crippen LogP contribution in [-0.2, 0) is 0 Å². The van der Waals surface area contributed by atoms with Crippen LogP contribution in [0.2, 0.25) is 0 Å². The standard InChI is InChI=1S/C6H12ClN3O2/c7-3-1-2-4(8)5(9)6(3)10(11)12/h3-6H,1-2,8-9H2. The van der Waals surface area contributed by atoms with E-state index in [1.807, 2.05) is 0 Å². The molecule has 0 spiro atoms. The van der Waals surface area contributed by atoms with E-state index in [2.05, 4.69) is 0 Å². The third-order valence-electron chi connectivity index (χ3n) is 2.28. The lowest BCUT2D eigenvalue weighted by Gasteiger charge is -2.30. The molecule has 0 bridgehead atoms. The van der Waals surface area contributed by atoms with Crippen molar-refractivity contribution in [2.45, 2.75) is 36.3 Å². The maximum absolute atomic E-state index is 10.5. The van der Waals surface area contributed by atoms with Gasteiger partial charge in [0.15, 0.2) is 0 Å². The molecule has 4 atom stereocenters. The average Bonchev–Trinajstić information content (AvgIpc) is 1.97. The van der Waals surface area contributed by atoms with Crippen molar-refractivity contribution in [2.24, 2.45) is 11.5 Å². The Balaban J connectivity index is 2.71. The topological polar surface area (TPSA) is 95.2 Å². The summed E-state index contributed by atoms with van der Waals surface area (Å²) in [4.78, 5) is 10.1. The summed E-state index contributed by atoms with van der Waals surface area (Å²) in [5.41, 5.74) is 11.1. The van der Waals surface area contributed by atoms with E-state index >= 15 is 0 Å². The molecule has 0 radical (unpaired) electrons. The zero-order valence-corrected chi connectivity index (χ0v) is 7.28. The van der Waals surface area contributed by atoms with Crippen LogP contribution in [0.4, 0.5) is 0 Å². The molecular formula is C6H12ClN3O2. The molecule has 0 saturated heterocycles. The maximum atomic E-state index is 10.5. The number of nitrogens with two attached hydrogens (primary N) is 2. The molecule has 6 heteroatoms. The van der Waals surface area contributed by atoms with Crippen molar-refractivity contribution in [1.82, 2.24) is 0 Å². The second-order valence-electron chi connectivity index (χ2n) is 3.11. The molecule has 0 heterocycles. The molecule has 1 aliphatic rings. The van der Waals surface area contributed by atoms with Crippen LogP contribution in [0.25, 0.3) is 0 Å². The van der Waals surface area contributed by atoms with Gasteiger partial charge in [-0.3, -0.25) is 10.1 Å². The number of alkyl halides is 1. The lowest BCUT2D eigenvalue weighted by molar-refractivity contribution is -0.528. The largest absolute Gasteiger partial charge is 0.326 e. The molecule has 1 saturated carbocycles. The minimum Gasteiger partial charge on any atom is -0.326 e. The van der Waals surface area contributed by atoms with Gasteiger partial charge in [-0.2, -0.15) is 0 Å². The summed E-state index contributed by atoms with van der Waals surface area (Å²) < 4.78 is 0. The highest BCUT2D eigenvalue weighted by molar-refractivity contribution is 6.21. The van der Waals surface area contributed by atoms with E-state index in [1.54, 1.807) is 0 Å². The van der Waals surface area contributed by atoms with Crippen LogP contribution in [-0.4, -0.2) is 28.4 Å². The summed E-state index contributed by atoms with van der Waals surface area (Å²) in [7, 11) is 0. The Morgan fingerprint density at radius 1 is 1.42 bits per heavy atom. The van der Waals surface area contributed by atoms with Crippen LogP contribution in [0, 0.1) is 10.1 Å². The van der Waals surface area contributed by atoms with Gasteiger partial charge in [-0.15, -0.1) is 11.6 Å². The van der Waals surface area contributed by atoms with Crippen molar-refractivity contribution in [2.75, 3.05) is 0 Å². The van der Waals surface area contributed by atoms with Crippen molar-refractivity contribution < 1.29 is 4.92 Å². The number of nitro groups is 1. The van der Waals surface area contributed by atoms with E-state index in [4.69, 9.17) is 23.1 Å². The molecule has 0 aromatic heterocycles. The van der Waals surface area contributed by atoms with E-state index in [9.17, 15) is 10.1 Å². The normalized spacial score (nSPS) is 42.6. The van der Waals surface area contributed by atoms with Gasteiger partial charge >= 0.3 is 0 Å². The summed E-state index contributed by atoms with van der Waals surface area (Å²) in [6.07, 6.45) is 1.24. The first-order chi connectivity index (χ1) is 5.54. The zero-order valence-electron chi connectivity index (χ0n) is 6.52. The Morgan fingerprint density at radius 3 is 2.42 bits per heavy atom. The predicted molar refractivity (Wildman–Crippen MR) is 45.6 cm³/mol. The van der Waals surface area contributed by atoms with Gasteiger partial charge in [-0.1, -0.05) is 0 Å². The molecule has 0 aliphatic heterocycles.